The van der Waals surface area contributed by atoms with Gasteiger partial charge < -0.3 is 0 Å². The Kier molecular flexibility index (Phi) is 6.72. The van der Waals surface area contributed by atoms with Crippen molar-refractivity contribution in [1.82, 2.24) is 0 Å². The molecule has 0 aliphatic heterocycles. The van der Waals surface area contributed by atoms with Gasteiger partial charge in [-0.2, -0.15) is 0 Å². The summed E-state index contributed by atoms with van der Waals surface area (Å²) in [7, 11) is 13.1. The second-order valence-corrected chi connectivity index (χ2v) is 18.4. The van der Waals surface area contributed by atoms with Crippen LogP contribution in [-0.2, 0) is 18.6 Å². The molecule has 0 amide bonds. The van der Waals surface area contributed by atoms with Crippen LogP contribution in [-0.4, -0.2) is 3.26 Å². The van der Waals surface area contributed by atoms with Gasteiger partial charge in [0, 0.05) is 0 Å². The van der Waals surface area contributed by atoms with Crippen molar-refractivity contribution in [3.63, 3.8) is 0 Å². The molecule has 0 bridgehead atoms. The number of hydrogen-bond donors (Lipinski definition) is 0. The first-order valence-electron chi connectivity index (χ1n) is 8.10. The first kappa shape index (κ1) is 17.9. The first-order chi connectivity index (χ1) is 9.90. The molecule has 0 saturated heterocycles. The predicted molar refractivity (Wildman–Crippen MR) is 92.4 cm³/mol. The monoisotopic (exact) mass is 492 g/mol. The SMILES string of the molecule is CC(C)c1cc([C](C2CCCC2)=[Hf]([Cl])[Cl])cc(C(C)C)c1. The van der Waals surface area contributed by atoms with E-state index < -0.39 is 18.6 Å². The van der Waals surface area contributed by atoms with E-state index in [1.54, 1.807) is 0 Å². The van der Waals surface area contributed by atoms with Gasteiger partial charge in [-0.1, -0.05) is 0 Å². The maximum absolute atomic E-state index is 6.56. The number of hydrogen-bond acceptors (Lipinski definition) is 0. The van der Waals surface area contributed by atoms with Crippen molar-refractivity contribution in [2.24, 2.45) is 5.92 Å². The number of halogens is 2. The van der Waals surface area contributed by atoms with E-state index in [2.05, 4.69) is 45.9 Å². The van der Waals surface area contributed by atoms with Crippen molar-refractivity contribution in [2.45, 2.75) is 65.2 Å². The molecule has 1 aliphatic rings. The Morgan fingerprint density at radius 3 is 1.81 bits per heavy atom. The maximum atomic E-state index is 6.56. The minimum atomic E-state index is -2.56. The third-order valence-electron chi connectivity index (χ3n) is 4.59. The summed E-state index contributed by atoms with van der Waals surface area (Å²) in [6, 6.07) is 7.08. The summed E-state index contributed by atoms with van der Waals surface area (Å²) in [5, 5.41) is 0. The summed E-state index contributed by atoms with van der Waals surface area (Å²) in [5.74, 6) is 1.75. The molecule has 0 spiro atoms. The summed E-state index contributed by atoms with van der Waals surface area (Å²) in [5.41, 5.74) is 4.21. The topological polar surface area (TPSA) is 0 Å². The van der Waals surface area contributed by atoms with Gasteiger partial charge in [-0.3, -0.25) is 0 Å². The molecule has 1 aromatic rings. The molecule has 1 aromatic carbocycles. The molecule has 1 fully saturated rings. The zero-order valence-corrected chi connectivity index (χ0v) is 18.7. The van der Waals surface area contributed by atoms with Gasteiger partial charge in [0.15, 0.2) is 0 Å². The van der Waals surface area contributed by atoms with Gasteiger partial charge in [0.25, 0.3) is 0 Å². The van der Waals surface area contributed by atoms with E-state index in [1.807, 2.05) is 0 Å². The average Bonchev–Trinajstić information content (AvgIpc) is 2.91. The van der Waals surface area contributed by atoms with Gasteiger partial charge in [-0.25, -0.2) is 0 Å². The van der Waals surface area contributed by atoms with Crippen LogP contribution >= 0.6 is 17.2 Å². The molecule has 1 aliphatic carbocycles. The molecule has 0 N–H and O–H groups in total. The van der Waals surface area contributed by atoms with E-state index in [1.165, 1.54) is 45.6 Å². The molecule has 2 rings (SSSR count). The minimum absolute atomic E-state index is 0.548. The van der Waals surface area contributed by atoms with Crippen LogP contribution in [0.25, 0.3) is 0 Å². The molecule has 21 heavy (non-hydrogen) atoms. The summed E-state index contributed by atoms with van der Waals surface area (Å²) >= 11 is -2.56. The molecular weight excluding hydrogens is 466 g/mol. The molecule has 0 radical (unpaired) electrons. The van der Waals surface area contributed by atoms with Crippen LogP contribution in [0.2, 0.25) is 0 Å². The van der Waals surface area contributed by atoms with Gasteiger partial charge in [-0.05, 0) is 0 Å². The molecule has 3 heteroatoms. The van der Waals surface area contributed by atoms with Crippen LogP contribution in [0.3, 0.4) is 0 Å². The van der Waals surface area contributed by atoms with Crippen molar-refractivity contribution in [1.29, 1.82) is 0 Å². The van der Waals surface area contributed by atoms with Gasteiger partial charge >= 0.3 is 145 Å². The van der Waals surface area contributed by atoms with Gasteiger partial charge in [0.2, 0.25) is 0 Å². The van der Waals surface area contributed by atoms with E-state index in [0.29, 0.717) is 17.8 Å². The third-order valence-corrected chi connectivity index (χ3v) is 11.9. The normalized spacial score (nSPS) is 16.0. The fourth-order valence-electron chi connectivity index (χ4n) is 3.21. The summed E-state index contributed by atoms with van der Waals surface area (Å²) in [6.07, 6.45) is 5.24. The van der Waals surface area contributed by atoms with Crippen LogP contribution < -0.4 is 0 Å². The fourth-order valence-corrected chi connectivity index (χ4v) is 11.0. The summed E-state index contributed by atoms with van der Waals surface area (Å²) in [6.45, 7) is 9.06. The Morgan fingerprint density at radius 2 is 1.43 bits per heavy atom. The predicted octanol–water partition coefficient (Wildman–Crippen LogP) is 6.57. The second kappa shape index (κ2) is 7.88. The Bertz CT molecular complexity index is 496. The molecule has 0 unspecified atom stereocenters. The van der Waals surface area contributed by atoms with Crippen LogP contribution in [0.15, 0.2) is 18.2 Å². The van der Waals surface area contributed by atoms with Crippen molar-refractivity contribution in [3.05, 3.63) is 34.9 Å². The van der Waals surface area contributed by atoms with E-state index >= 15 is 0 Å². The summed E-state index contributed by atoms with van der Waals surface area (Å²) in [4.78, 5) is 0. The van der Waals surface area contributed by atoms with Crippen LogP contribution in [0.4, 0.5) is 0 Å². The standard InChI is InChI=1S/C18H26.2ClH.Hf/c1-13(2)17-10-16(9-15-7-5-6-8-15)11-18(12-17)14(3)4;;;/h10-15H,5-8H2,1-4H3;2*1H;/q;;;+2/p-2. The van der Waals surface area contributed by atoms with Crippen molar-refractivity contribution < 1.29 is 18.6 Å². The zero-order valence-electron chi connectivity index (χ0n) is 13.5. The first-order valence-corrected chi connectivity index (χ1v) is 18.8. The second-order valence-electron chi connectivity index (χ2n) is 6.85. The molecular formula is C18H26Cl2Hf. The Balaban J connectivity index is 2.51. The molecule has 0 nitrogen and oxygen atoms in total. The van der Waals surface area contributed by atoms with Gasteiger partial charge in [0.05, 0.1) is 0 Å². The zero-order chi connectivity index (χ0) is 15.6. The molecule has 0 atom stereocenters. The fraction of sp³-hybridized carbons (Fsp3) is 0.611. The molecule has 0 aromatic heterocycles. The van der Waals surface area contributed by atoms with Crippen molar-refractivity contribution in [3.8, 4) is 0 Å². The Morgan fingerprint density at radius 1 is 0.952 bits per heavy atom. The van der Waals surface area contributed by atoms with Gasteiger partial charge in [-0.15, -0.1) is 0 Å². The average molecular weight is 492 g/mol. The third kappa shape index (κ3) is 4.52. The van der Waals surface area contributed by atoms with E-state index in [-0.39, 0.29) is 0 Å². The van der Waals surface area contributed by atoms with Crippen molar-refractivity contribution in [2.75, 3.05) is 0 Å². The Labute approximate surface area is 144 Å². The molecule has 116 valence electrons. The van der Waals surface area contributed by atoms with Crippen LogP contribution in [0.1, 0.15) is 81.9 Å². The Hall–Kier alpha value is 0.540. The van der Waals surface area contributed by atoms with Crippen LogP contribution in [0, 0.1) is 5.92 Å². The number of rotatable bonds is 4. The quantitative estimate of drug-likeness (QED) is 0.418. The van der Waals surface area contributed by atoms with E-state index in [4.69, 9.17) is 17.2 Å². The number of benzene rings is 1. The summed E-state index contributed by atoms with van der Waals surface area (Å²) < 4.78 is 1.46. The van der Waals surface area contributed by atoms with Crippen LogP contribution in [0.5, 0.6) is 0 Å². The molecule has 1 saturated carbocycles. The molecule has 0 heterocycles. The van der Waals surface area contributed by atoms with E-state index in [9.17, 15) is 0 Å². The van der Waals surface area contributed by atoms with Crippen molar-refractivity contribution >= 4 is 20.4 Å². The van der Waals surface area contributed by atoms with Gasteiger partial charge in [0.1, 0.15) is 0 Å². The van der Waals surface area contributed by atoms with E-state index in [0.717, 1.165) is 0 Å².